The predicted molar refractivity (Wildman–Crippen MR) is 110 cm³/mol. The number of aliphatic imine (C=N–C) groups is 2. The number of thioether (sulfide) groups is 1. The van der Waals surface area contributed by atoms with Crippen LogP contribution in [-0.2, 0) is 10.5 Å². The van der Waals surface area contributed by atoms with E-state index in [9.17, 15) is 9.90 Å². The van der Waals surface area contributed by atoms with Crippen LogP contribution >= 0.6 is 11.8 Å². The number of carbonyl (C=O) groups is 1. The van der Waals surface area contributed by atoms with Crippen LogP contribution in [0.25, 0.3) is 0 Å². The van der Waals surface area contributed by atoms with Gasteiger partial charge in [-0.1, -0.05) is 48.2 Å². The summed E-state index contributed by atoms with van der Waals surface area (Å²) >= 11 is 1.51. The first-order valence-corrected chi connectivity index (χ1v) is 9.65. The molecule has 2 unspecified atom stereocenters. The molecule has 0 saturated heterocycles. The van der Waals surface area contributed by atoms with Crippen LogP contribution in [0.2, 0.25) is 0 Å². The average molecular weight is 382 g/mol. The maximum Gasteiger partial charge on any atom is 0.314 e. The summed E-state index contributed by atoms with van der Waals surface area (Å²) in [6.07, 6.45) is 0. The molecule has 3 rings (SSSR count). The molecule has 2 atom stereocenters. The van der Waals surface area contributed by atoms with Crippen molar-refractivity contribution in [3.63, 3.8) is 0 Å². The molecule has 0 aliphatic carbocycles. The molecule has 0 aromatic heterocycles. The normalized spacial score (nSPS) is 19.2. The molecule has 27 heavy (non-hydrogen) atoms. The van der Waals surface area contributed by atoms with Crippen LogP contribution in [0.1, 0.15) is 29.7 Å². The Morgan fingerprint density at radius 2 is 1.85 bits per heavy atom. The zero-order valence-electron chi connectivity index (χ0n) is 15.5. The second-order valence-electron chi connectivity index (χ2n) is 6.42. The lowest BCUT2D eigenvalue weighted by molar-refractivity contribution is -0.140. The number of rotatable bonds is 5. The molecule has 1 heterocycles. The highest BCUT2D eigenvalue weighted by Gasteiger charge is 2.35. The van der Waals surface area contributed by atoms with Gasteiger partial charge in [-0.2, -0.15) is 0 Å². The highest BCUT2D eigenvalue weighted by atomic mass is 32.2. The Labute approximate surface area is 163 Å². The minimum atomic E-state index is -0.896. The molecule has 0 amide bonds. The molecule has 2 aromatic rings. The van der Waals surface area contributed by atoms with Gasteiger partial charge in [0.05, 0.1) is 13.2 Å². The van der Waals surface area contributed by atoms with E-state index >= 15 is 0 Å². The predicted octanol–water partition coefficient (Wildman–Crippen LogP) is 4.51. The number of carboxylic acid groups (broad SMARTS) is 1. The van der Waals surface area contributed by atoms with Gasteiger partial charge in [-0.15, -0.1) is 0 Å². The maximum absolute atomic E-state index is 11.8. The summed E-state index contributed by atoms with van der Waals surface area (Å²) < 4.78 is 5.18. The topological polar surface area (TPSA) is 71.2 Å². The SMILES string of the molecule is COc1ccc(CSC2=NC(c3ccccc3C)C(C(=O)O)C(C)=N2)cc1. The number of methoxy groups -OCH3 is 1. The summed E-state index contributed by atoms with van der Waals surface area (Å²) in [7, 11) is 1.64. The molecule has 0 saturated carbocycles. The minimum Gasteiger partial charge on any atom is -0.497 e. The molecule has 1 aliphatic rings. The molecular formula is C21H22N2O3S. The van der Waals surface area contributed by atoms with Crippen LogP contribution in [0.5, 0.6) is 5.75 Å². The standard InChI is InChI=1S/C21H22N2O3S/c1-13-6-4-5-7-17(13)19-18(20(24)25)14(2)22-21(23-19)27-12-15-8-10-16(26-3)11-9-15/h4-11,18-19H,12H2,1-3H3,(H,24,25). The molecule has 0 bridgehead atoms. The van der Waals surface area contributed by atoms with Crippen molar-refractivity contribution in [2.45, 2.75) is 25.6 Å². The molecule has 5 nitrogen and oxygen atoms in total. The van der Waals surface area contributed by atoms with Crippen molar-refractivity contribution in [1.29, 1.82) is 0 Å². The number of hydrogen-bond acceptors (Lipinski definition) is 5. The maximum atomic E-state index is 11.8. The Morgan fingerprint density at radius 1 is 1.15 bits per heavy atom. The monoisotopic (exact) mass is 382 g/mol. The van der Waals surface area contributed by atoms with Crippen LogP contribution in [0.15, 0.2) is 58.5 Å². The third kappa shape index (κ3) is 4.39. The molecule has 6 heteroatoms. The first kappa shape index (κ1) is 19.2. The summed E-state index contributed by atoms with van der Waals surface area (Å²) in [6, 6.07) is 15.2. The molecule has 0 fully saturated rings. The molecule has 0 spiro atoms. The fraction of sp³-hybridized carbons (Fsp3) is 0.286. The van der Waals surface area contributed by atoms with Crippen molar-refractivity contribution in [2.75, 3.05) is 7.11 Å². The van der Waals surface area contributed by atoms with Gasteiger partial charge in [-0.3, -0.25) is 9.79 Å². The van der Waals surface area contributed by atoms with E-state index < -0.39 is 17.9 Å². The molecule has 0 radical (unpaired) electrons. The van der Waals surface area contributed by atoms with Crippen molar-refractivity contribution < 1.29 is 14.6 Å². The quantitative estimate of drug-likeness (QED) is 0.826. The van der Waals surface area contributed by atoms with Crippen molar-refractivity contribution in [3.05, 3.63) is 65.2 Å². The van der Waals surface area contributed by atoms with E-state index in [0.29, 0.717) is 16.6 Å². The second kappa shape index (κ2) is 8.39. The first-order chi connectivity index (χ1) is 13.0. The van der Waals surface area contributed by atoms with E-state index in [1.807, 2.05) is 55.5 Å². The Kier molecular flexibility index (Phi) is 5.96. The fourth-order valence-electron chi connectivity index (χ4n) is 3.09. The zero-order chi connectivity index (χ0) is 19.4. The molecule has 2 aromatic carbocycles. The first-order valence-electron chi connectivity index (χ1n) is 8.66. The van der Waals surface area contributed by atoms with Crippen LogP contribution in [0, 0.1) is 12.8 Å². The molecule has 1 aliphatic heterocycles. The lowest BCUT2D eigenvalue weighted by Gasteiger charge is -2.26. The van der Waals surface area contributed by atoms with Gasteiger partial charge >= 0.3 is 5.97 Å². The number of amidine groups is 1. The number of aryl methyl sites for hydroxylation is 1. The summed E-state index contributed by atoms with van der Waals surface area (Å²) in [5, 5.41) is 10.3. The van der Waals surface area contributed by atoms with Gasteiger partial charge in [0.15, 0.2) is 5.17 Å². The van der Waals surface area contributed by atoms with E-state index in [1.54, 1.807) is 14.0 Å². The molecule has 1 N–H and O–H groups in total. The lowest BCUT2D eigenvalue weighted by Crippen LogP contribution is -2.31. The van der Waals surface area contributed by atoms with Crippen molar-refractivity contribution in [1.82, 2.24) is 0 Å². The molecule has 140 valence electrons. The highest BCUT2D eigenvalue weighted by molar-refractivity contribution is 8.13. The highest BCUT2D eigenvalue weighted by Crippen LogP contribution is 2.35. The number of aliphatic carboxylic acids is 1. The van der Waals surface area contributed by atoms with Crippen molar-refractivity contribution in [2.24, 2.45) is 15.9 Å². The van der Waals surface area contributed by atoms with Gasteiger partial charge in [0.25, 0.3) is 0 Å². The minimum absolute atomic E-state index is 0.459. The van der Waals surface area contributed by atoms with Crippen LogP contribution in [-0.4, -0.2) is 29.1 Å². The third-order valence-corrected chi connectivity index (χ3v) is 5.52. The number of nitrogens with zero attached hydrogens (tertiary/aromatic N) is 2. The molecular weight excluding hydrogens is 360 g/mol. The zero-order valence-corrected chi connectivity index (χ0v) is 16.4. The van der Waals surface area contributed by atoms with Gasteiger partial charge < -0.3 is 9.84 Å². The number of hydrogen-bond donors (Lipinski definition) is 1. The van der Waals surface area contributed by atoms with Gasteiger partial charge in [0, 0.05) is 11.5 Å². The Balaban J connectivity index is 1.85. The van der Waals surface area contributed by atoms with Crippen LogP contribution < -0.4 is 4.74 Å². The Hall–Kier alpha value is -2.60. The van der Waals surface area contributed by atoms with Gasteiger partial charge in [0.1, 0.15) is 11.7 Å². The third-order valence-electron chi connectivity index (χ3n) is 4.59. The van der Waals surface area contributed by atoms with Gasteiger partial charge in [0.2, 0.25) is 0 Å². The van der Waals surface area contributed by atoms with E-state index in [2.05, 4.69) is 4.99 Å². The van der Waals surface area contributed by atoms with E-state index in [-0.39, 0.29) is 0 Å². The largest absolute Gasteiger partial charge is 0.497 e. The second-order valence-corrected chi connectivity index (χ2v) is 7.36. The van der Waals surface area contributed by atoms with Gasteiger partial charge in [-0.25, -0.2) is 4.99 Å². The van der Waals surface area contributed by atoms with Crippen molar-refractivity contribution >= 4 is 28.6 Å². The van der Waals surface area contributed by atoms with Crippen LogP contribution in [0.4, 0.5) is 0 Å². The lowest BCUT2D eigenvalue weighted by atomic mass is 9.87. The van der Waals surface area contributed by atoms with E-state index in [1.165, 1.54) is 11.8 Å². The smallest absolute Gasteiger partial charge is 0.314 e. The summed E-state index contributed by atoms with van der Waals surface area (Å²) in [4.78, 5) is 21.0. The van der Waals surface area contributed by atoms with E-state index in [4.69, 9.17) is 9.73 Å². The Bertz CT molecular complexity index is 891. The van der Waals surface area contributed by atoms with E-state index in [0.717, 1.165) is 22.4 Å². The summed E-state index contributed by atoms with van der Waals surface area (Å²) in [5.74, 6) is -0.113. The summed E-state index contributed by atoms with van der Waals surface area (Å²) in [6.45, 7) is 3.75. The summed E-state index contributed by atoms with van der Waals surface area (Å²) in [5.41, 5.74) is 3.68. The van der Waals surface area contributed by atoms with Crippen LogP contribution in [0.3, 0.4) is 0 Å². The van der Waals surface area contributed by atoms with Gasteiger partial charge in [-0.05, 0) is 42.7 Å². The number of carboxylic acids is 1. The number of benzene rings is 2. The fourth-order valence-corrected chi connectivity index (χ4v) is 3.98. The number of ether oxygens (including phenoxy) is 1. The Morgan fingerprint density at radius 3 is 2.48 bits per heavy atom. The van der Waals surface area contributed by atoms with Crippen molar-refractivity contribution in [3.8, 4) is 5.75 Å². The average Bonchev–Trinajstić information content (AvgIpc) is 2.66.